The maximum atomic E-state index is 10.1. The van der Waals surface area contributed by atoms with Crippen molar-refractivity contribution in [1.29, 1.82) is 0 Å². The molecule has 6 heteroatoms. The minimum Gasteiger partial charge on any atom is -0.388 e. The SMILES string of the molecule is Cc1nn(C)c(Cl)c1CNC(C)CC(O)c1cccs1. The van der Waals surface area contributed by atoms with Crippen molar-refractivity contribution in [2.45, 2.75) is 39.0 Å². The van der Waals surface area contributed by atoms with Gasteiger partial charge in [0.2, 0.25) is 0 Å². The summed E-state index contributed by atoms with van der Waals surface area (Å²) in [6.07, 6.45) is 0.264. The highest BCUT2D eigenvalue weighted by Gasteiger charge is 2.15. The summed E-state index contributed by atoms with van der Waals surface area (Å²) in [5.74, 6) is 0. The summed E-state index contributed by atoms with van der Waals surface area (Å²) in [7, 11) is 1.84. The van der Waals surface area contributed by atoms with Gasteiger partial charge in [-0.05, 0) is 31.7 Å². The first kappa shape index (κ1) is 15.5. The first-order valence-electron chi connectivity index (χ1n) is 6.62. The summed E-state index contributed by atoms with van der Waals surface area (Å²) < 4.78 is 1.68. The maximum Gasteiger partial charge on any atom is 0.131 e. The number of nitrogens with one attached hydrogen (secondary N) is 1. The van der Waals surface area contributed by atoms with Crippen LogP contribution in [-0.4, -0.2) is 20.9 Å². The Bertz CT molecular complexity index is 553. The lowest BCUT2D eigenvalue weighted by Gasteiger charge is -2.17. The van der Waals surface area contributed by atoms with E-state index in [2.05, 4.69) is 17.3 Å². The number of aryl methyl sites for hydroxylation is 2. The zero-order chi connectivity index (χ0) is 14.7. The topological polar surface area (TPSA) is 50.1 Å². The number of aromatic nitrogens is 2. The van der Waals surface area contributed by atoms with Crippen molar-refractivity contribution in [2.24, 2.45) is 7.05 Å². The molecule has 2 heterocycles. The van der Waals surface area contributed by atoms with E-state index in [1.807, 2.05) is 31.5 Å². The lowest BCUT2D eigenvalue weighted by Crippen LogP contribution is -2.27. The van der Waals surface area contributed by atoms with E-state index in [1.165, 1.54) is 0 Å². The van der Waals surface area contributed by atoms with Crippen LogP contribution in [0.1, 0.15) is 35.6 Å². The third-order valence-electron chi connectivity index (χ3n) is 3.35. The summed E-state index contributed by atoms with van der Waals surface area (Å²) in [4.78, 5) is 1.01. The molecule has 0 saturated heterocycles. The molecule has 110 valence electrons. The third kappa shape index (κ3) is 3.61. The van der Waals surface area contributed by atoms with Gasteiger partial charge in [-0.15, -0.1) is 11.3 Å². The number of aliphatic hydroxyl groups is 1. The molecule has 2 rings (SSSR count). The molecule has 0 bridgehead atoms. The van der Waals surface area contributed by atoms with Gasteiger partial charge >= 0.3 is 0 Å². The largest absolute Gasteiger partial charge is 0.388 e. The number of thiophene rings is 1. The summed E-state index contributed by atoms with van der Waals surface area (Å²) in [6, 6.07) is 4.12. The number of halogens is 1. The van der Waals surface area contributed by atoms with E-state index in [-0.39, 0.29) is 6.04 Å². The van der Waals surface area contributed by atoms with Crippen LogP contribution < -0.4 is 5.32 Å². The minimum absolute atomic E-state index is 0.197. The van der Waals surface area contributed by atoms with Crippen LogP contribution in [0.25, 0.3) is 0 Å². The second-order valence-corrected chi connectivity index (χ2v) is 6.36. The number of hydrogen-bond acceptors (Lipinski definition) is 4. The van der Waals surface area contributed by atoms with Gasteiger partial charge in [-0.2, -0.15) is 5.10 Å². The van der Waals surface area contributed by atoms with E-state index < -0.39 is 6.10 Å². The van der Waals surface area contributed by atoms with E-state index in [0.717, 1.165) is 16.1 Å². The monoisotopic (exact) mass is 313 g/mol. The second-order valence-electron chi connectivity index (χ2n) is 5.03. The molecule has 2 N–H and O–H groups in total. The van der Waals surface area contributed by atoms with Crippen molar-refractivity contribution in [3.63, 3.8) is 0 Å². The number of hydrogen-bond donors (Lipinski definition) is 2. The van der Waals surface area contributed by atoms with Gasteiger partial charge < -0.3 is 10.4 Å². The van der Waals surface area contributed by atoms with E-state index >= 15 is 0 Å². The Morgan fingerprint density at radius 3 is 2.85 bits per heavy atom. The van der Waals surface area contributed by atoms with Crippen LogP contribution in [0.4, 0.5) is 0 Å². The summed E-state index contributed by atoms with van der Waals surface area (Å²) in [5.41, 5.74) is 1.96. The molecule has 0 spiro atoms. The van der Waals surface area contributed by atoms with Gasteiger partial charge in [0.05, 0.1) is 11.8 Å². The third-order valence-corrected chi connectivity index (χ3v) is 4.79. The highest BCUT2D eigenvalue weighted by molar-refractivity contribution is 7.10. The van der Waals surface area contributed by atoms with Crippen LogP contribution >= 0.6 is 22.9 Å². The average Bonchev–Trinajstić information content (AvgIpc) is 2.98. The Hall–Kier alpha value is -0.880. The Kier molecular flexibility index (Phi) is 5.21. The molecule has 0 saturated carbocycles. The molecule has 0 aliphatic heterocycles. The molecule has 2 unspecified atom stereocenters. The Balaban J connectivity index is 1.87. The fourth-order valence-electron chi connectivity index (χ4n) is 2.17. The lowest BCUT2D eigenvalue weighted by atomic mass is 10.1. The number of nitrogens with zero attached hydrogens (tertiary/aromatic N) is 2. The van der Waals surface area contributed by atoms with Gasteiger partial charge in [0.1, 0.15) is 5.15 Å². The van der Waals surface area contributed by atoms with Crippen molar-refractivity contribution in [3.8, 4) is 0 Å². The molecular formula is C14H20ClN3OS. The fourth-order valence-corrected chi connectivity index (χ4v) is 3.13. The molecule has 4 nitrogen and oxygen atoms in total. The predicted molar refractivity (Wildman–Crippen MR) is 83.2 cm³/mol. The van der Waals surface area contributed by atoms with Crippen molar-refractivity contribution < 1.29 is 5.11 Å². The molecule has 0 aromatic carbocycles. The molecule has 0 aliphatic carbocycles. The Morgan fingerprint density at radius 1 is 1.55 bits per heavy atom. The molecule has 0 fully saturated rings. The normalized spacial score (nSPS) is 14.4. The zero-order valence-corrected chi connectivity index (χ0v) is 13.5. The van der Waals surface area contributed by atoms with Crippen LogP contribution in [-0.2, 0) is 13.6 Å². The molecule has 0 amide bonds. The molecule has 2 aromatic rings. The molecule has 0 radical (unpaired) electrons. The highest BCUT2D eigenvalue weighted by Crippen LogP contribution is 2.23. The van der Waals surface area contributed by atoms with Crippen molar-refractivity contribution >= 4 is 22.9 Å². The maximum absolute atomic E-state index is 10.1. The lowest BCUT2D eigenvalue weighted by molar-refractivity contribution is 0.157. The van der Waals surface area contributed by atoms with Crippen LogP contribution in [0.2, 0.25) is 5.15 Å². The van der Waals surface area contributed by atoms with Crippen molar-refractivity contribution in [3.05, 3.63) is 38.8 Å². The molecule has 20 heavy (non-hydrogen) atoms. The Morgan fingerprint density at radius 2 is 2.30 bits per heavy atom. The van der Waals surface area contributed by atoms with E-state index in [0.29, 0.717) is 18.1 Å². The highest BCUT2D eigenvalue weighted by atomic mass is 35.5. The summed E-state index contributed by atoms with van der Waals surface area (Å²) >= 11 is 7.78. The summed E-state index contributed by atoms with van der Waals surface area (Å²) in [5, 5.41) is 20.4. The van der Waals surface area contributed by atoms with Gasteiger partial charge in [-0.25, -0.2) is 0 Å². The van der Waals surface area contributed by atoms with Gasteiger partial charge in [0.15, 0.2) is 0 Å². The molecule has 0 aliphatic rings. The molecule has 2 atom stereocenters. The van der Waals surface area contributed by atoms with E-state index in [9.17, 15) is 5.11 Å². The average molecular weight is 314 g/mol. The number of rotatable bonds is 6. The van der Waals surface area contributed by atoms with Crippen LogP contribution in [0, 0.1) is 6.92 Å². The van der Waals surface area contributed by atoms with E-state index in [1.54, 1.807) is 16.0 Å². The van der Waals surface area contributed by atoms with Gasteiger partial charge in [0.25, 0.3) is 0 Å². The minimum atomic E-state index is -0.414. The fraction of sp³-hybridized carbons (Fsp3) is 0.500. The van der Waals surface area contributed by atoms with Gasteiger partial charge in [-0.1, -0.05) is 17.7 Å². The summed E-state index contributed by atoms with van der Waals surface area (Å²) in [6.45, 7) is 4.68. The number of aliphatic hydroxyl groups excluding tert-OH is 1. The molecular weight excluding hydrogens is 294 g/mol. The van der Waals surface area contributed by atoms with Gasteiger partial charge in [0, 0.05) is 30.1 Å². The first-order chi connectivity index (χ1) is 9.49. The van der Waals surface area contributed by atoms with Crippen LogP contribution in [0.5, 0.6) is 0 Å². The van der Waals surface area contributed by atoms with Gasteiger partial charge in [-0.3, -0.25) is 4.68 Å². The first-order valence-corrected chi connectivity index (χ1v) is 7.87. The second kappa shape index (κ2) is 6.72. The smallest absolute Gasteiger partial charge is 0.131 e. The van der Waals surface area contributed by atoms with Crippen molar-refractivity contribution in [1.82, 2.24) is 15.1 Å². The Labute approximate surface area is 128 Å². The van der Waals surface area contributed by atoms with Crippen LogP contribution in [0.3, 0.4) is 0 Å². The standard InChI is InChI=1S/C14H20ClN3OS/c1-9(7-12(19)13-5-4-6-20-13)16-8-11-10(2)17-18(3)14(11)15/h4-6,9,12,16,19H,7-8H2,1-3H3. The van der Waals surface area contributed by atoms with Crippen molar-refractivity contribution in [2.75, 3.05) is 0 Å². The van der Waals surface area contributed by atoms with E-state index in [4.69, 9.17) is 11.6 Å². The predicted octanol–water partition coefficient (Wildman–Crippen LogP) is 3.05. The zero-order valence-electron chi connectivity index (χ0n) is 11.9. The molecule has 2 aromatic heterocycles. The quantitative estimate of drug-likeness (QED) is 0.862. The van der Waals surface area contributed by atoms with Crippen LogP contribution in [0.15, 0.2) is 17.5 Å².